The molecule has 0 saturated carbocycles. The van der Waals surface area contributed by atoms with Gasteiger partial charge in [-0.3, -0.25) is 9.59 Å². The molecule has 2 unspecified atom stereocenters. The van der Waals surface area contributed by atoms with E-state index in [0.29, 0.717) is 0 Å². The number of amides is 1. The van der Waals surface area contributed by atoms with E-state index >= 15 is 0 Å². The number of esters is 1. The van der Waals surface area contributed by atoms with Crippen LogP contribution < -0.4 is 5.32 Å². The molecule has 2 atom stereocenters. The lowest BCUT2D eigenvalue weighted by Gasteiger charge is -2.22. The van der Waals surface area contributed by atoms with Crippen LogP contribution in [0, 0.1) is 6.92 Å². The van der Waals surface area contributed by atoms with E-state index < -0.39 is 6.10 Å². The molecule has 1 aliphatic rings. The molecule has 1 aromatic carbocycles. The van der Waals surface area contributed by atoms with Crippen LogP contribution in [0.15, 0.2) is 35.7 Å². The van der Waals surface area contributed by atoms with Crippen LogP contribution in [0.1, 0.15) is 28.2 Å². The molecule has 0 aliphatic carbocycles. The predicted molar refractivity (Wildman–Crippen MR) is 98.6 cm³/mol. The molecule has 0 fully saturated rings. The zero-order chi connectivity index (χ0) is 17.1. The van der Waals surface area contributed by atoms with Gasteiger partial charge in [-0.2, -0.15) is 0 Å². The molecule has 2 heterocycles. The van der Waals surface area contributed by atoms with Crippen molar-refractivity contribution in [2.24, 2.45) is 0 Å². The maximum atomic E-state index is 12.5. The van der Waals surface area contributed by atoms with Crippen molar-refractivity contribution in [3.63, 3.8) is 0 Å². The fraction of sp³-hybridized carbons (Fsp3) is 0.333. The molecule has 6 heteroatoms. The average Bonchev–Trinajstić information content (AvgIpc) is 3.05. The summed E-state index contributed by atoms with van der Waals surface area (Å²) in [5, 5.41) is 4.49. The number of carbonyl (C=O) groups is 2. The normalized spacial score (nSPS) is 17.7. The fourth-order valence-corrected chi connectivity index (χ4v) is 4.85. The third kappa shape index (κ3) is 3.65. The zero-order valence-corrected chi connectivity index (χ0v) is 15.2. The van der Waals surface area contributed by atoms with Gasteiger partial charge in [-0.1, -0.05) is 18.2 Å². The molecule has 1 aliphatic heterocycles. The summed E-state index contributed by atoms with van der Waals surface area (Å²) >= 11 is 3.25. The molecule has 0 spiro atoms. The summed E-state index contributed by atoms with van der Waals surface area (Å²) < 4.78 is 5.42. The molecule has 3 rings (SSSR count). The van der Waals surface area contributed by atoms with Gasteiger partial charge in [0.2, 0.25) is 0 Å². The number of nitrogens with one attached hydrogen (secondary N) is 1. The Kier molecular flexibility index (Phi) is 5.26. The van der Waals surface area contributed by atoms with Crippen molar-refractivity contribution in [3.05, 3.63) is 51.7 Å². The summed E-state index contributed by atoms with van der Waals surface area (Å²) in [6.45, 7) is 3.52. The molecule has 0 saturated heterocycles. The van der Waals surface area contributed by atoms with Gasteiger partial charge < -0.3 is 10.1 Å². The number of anilines is 1. The standard InChI is InChI=1S/C18H19NO3S2/c1-11-5-3-4-6-14(11)19-17(20)12(2)22-18(21)16-13-7-9-23-15(13)8-10-24-16/h3-7,9,12,16H,8,10H2,1-2H3,(H,19,20). The Bertz CT molecular complexity index is 756. The van der Waals surface area contributed by atoms with Gasteiger partial charge in [-0.25, -0.2) is 0 Å². The van der Waals surface area contributed by atoms with Crippen LogP contribution in [0.5, 0.6) is 0 Å². The number of hydrogen-bond donors (Lipinski definition) is 1. The highest BCUT2D eigenvalue weighted by molar-refractivity contribution is 8.00. The maximum Gasteiger partial charge on any atom is 0.324 e. The second kappa shape index (κ2) is 7.40. The molecule has 126 valence electrons. The summed E-state index contributed by atoms with van der Waals surface area (Å²) in [5.41, 5.74) is 2.74. The number of thioether (sulfide) groups is 1. The van der Waals surface area contributed by atoms with Gasteiger partial charge in [-0.15, -0.1) is 23.1 Å². The Morgan fingerprint density at radius 3 is 2.88 bits per heavy atom. The first kappa shape index (κ1) is 17.0. The lowest BCUT2D eigenvalue weighted by atomic mass is 10.1. The largest absolute Gasteiger partial charge is 0.451 e. The van der Waals surface area contributed by atoms with Crippen LogP contribution in [0.3, 0.4) is 0 Å². The Balaban J connectivity index is 1.63. The number of carbonyl (C=O) groups excluding carboxylic acids is 2. The number of rotatable bonds is 4. The summed E-state index contributed by atoms with van der Waals surface area (Å²) in [6, 6.07) is 9.50. The van der Waals surface area contributed by atoms with Crippen LogP contribution in [0.25, 0.3) is 0 Å². The summed E-state index contributed by atoms with van der Waals surface area (Å²) in [4.78, 5) is 26.0. The predicted octanol–water partition coefficient (Wildman–Crippen LogP) is 3.96. The number of thiophene rings is 1. The third-order valence-corrected chi connectivity index (χ3v) is 6.17. The van der Waals surface area contributed by atoms with Crippen LogP contribution in [0.2, 0.25) is 0 Å². The van der Waals surface area contributed by atoms with Gasteiger partial charge in [-0.05, 0) is 54.7 Å². The summed E-state index contributed by atoms with van der Waals surface area (Å²) in [7, 11) is 0. The van der Waals surface area contributed by atoms with Crippen molar-refractivity contribution >= 4 is 40.7 Å². The Morgan fingerprint density at radius 2 is 2.08 bits per heavy atom. The highest BCUT2D eigenvalue weighted by Crippen LogP contribution is 2.40. The maximum absolute atomic E-state index is 12.5. The van der Waals surface area contributed by atoms with Gasteiger partial charge in [0.1, 0.15) is 5.25 Å². The van der Waals surface area contributed by atoms with E-state index in [1.165, 1.54) is 4.88 Å². The van der Waals surface area contributed by atoms with Crippen molar-refractivity contribution in [3.8, 4) is 0 Å². The summed E-state index contributed by atoms with van der Waals surface area (Å²) in [5.74, 6) is 0.243. The van der Waals surface area contributed by atoms with Crippen molar-refractivity contribution in [2.75, 3.05) is 11.1 Å². The average molecular weight is 361 g/mol. The molecule has 1 aromatic heterocycles. The quantitative estimate of drug-likeness (QED) is 0.838. The number of hydrogen-bond acceptors (Lipinski definition) is 5. The first-order valence-corrected chi connectivity index (χ1v) is 9.74. The number of aryl methyl sites for hydroxylation is 2. The molecular formula is C18H19NO3S2. The molecule has 1 amide bonds. The second-order valence-electron chi connectivity index (χ2n) is 5.68. The lowest BCUT2D eigenvalue weighted by Crippen LogP contribution is -2.32. The van der Waals surface area contributed by atoms with Gasteiger partial charge in [0.25, 0.3) is 5.91 Å². The minimum atomic E-state index is -0.832. The van der Waals surface area contributed by atoms with E-state index in [4.69, 9.17) is 4.74 Å². The van der Waals surface area contributed by atoms with E-state index in [-0.39, 0.29) is 17.1 Å². The monoisotopic (exact) mass is 361 g/mol. The first-order chi connectivity index (χ1) is 11.6. The SMILES string of the molecule is Cc1ccccc1NC(=O)C(C)OC(=O)C1SCCc2sccc21. The summed E-state index contributed by atoms with van der Waals surface area (Å²) in [6.07, 6.45) is 0.159. The molecule has 4 nitrogen and oxygen atoms in total. The molecule has 1 N–H and O–H groups in total. The van der Waals surface area contributed by atoms with E-state index in [1.807, 2.05) is 42.6 Å². The van der Waals surface area contributed by atoms with Gasteiger partial charge in [0.05, 0.1) is 0 Å². The number of ether oxygens (including phenoxy) is 1. The zero-order valence-electron chi connectivity index (χ0n) is 13.6. The van der Waals surface area contributed by atoms with Crippen molar-refractivity contribution < 1.29 is 14.3 Å². The Labute approximate surface area is 149 Å². The second-order valence-corrected chi connectivity index (χ2v) is 7.90. The van der Waals surface area contributed by atoms with Gasteiger partial charge in [0.15, 0.2) is 6.10 Å². The van der Waals surface area contributed by atoms with Crippen molar-refractivity contribution in [2.45, 2.75) is 31.6 Å². The van der Waals surface area contributed by atoms with E-state index in [1.54, 1.807) is 30.0 Å². The lowest BCUT2D eigenvalue weighted by molar-refractivity contribution is -0.152. The minimum Gasteiger partial charge on any atom is -0.451 e. The smallest absolute Gasteiger partial charge is 0.324 e. The fourth-order valence-electron chi connectivity index (χ4n) is 2.58. The molecule has 24 heavy (non-hydrogen) atoms. The number of fused-ring (bicyclic) bond motifs is 1. The Morgan fingerprint density at radius 1 is 1.29 bits per heavy atom. The van der Waals surface area contributed by atoms with Gasteiger partial charge >= 0.3 is 5.97 Å². The Hall–Kier alpha value is -1.79. The number of benzene rings is 1. The molecule has 0 bridgehead atoms. The van der Waals surface area contributed by atoms with Crippen molar-refractivity contribution in [1.29, 1.82) is 0 Å². The highest BCUT2D eigenvalue weighted by Gasteiger charge is 2.31. The van der Waals surface area contributed by atoms with Crippen LogP contribution in [0.4, 0.5) is 5.69 Å². The first-order valence-electron chi connectivity index (χ1n) is 7.81. The van der Waals surface area contributed by atoms with Crippen LogP contribution in [-0.4, -0.2) is 23.7 Å². The van der Waals surface area contributed by atoms with E-state index in [2.05, 4.69) is 5.32 Å². The van der Waals surface area contributed by atoms with Crippen LogP contribution in [-0.2, 0) is 20.7 Å². The molecular weight excluding hydrogens is 342 g/mol. The third-order valence-electron chi connectivity index (χ3n) is 3.96. The minimum absolute atomic E-state index is 0.316. The van der Waals surface area contributed by atoms with E-state index in [0.717, 1.165) is 29.0 Å². The van der Waals surface area contributed by atoms with Crippen molar-refractivity contribution in [1.82, 2.24) is 0 Å². The topological polar surface area (TPSA) is 55.4 Å². The molecule has 2 aromatic rings. The van der Waals surface area contributed by atoms with Crippen LogP contribution >= 0.6 is 23.1 Å². The highest BCUT2D eigenvalue weighted by atomic mass is 32.2. The number of para-hydroxylation sites is 1. The molecule has 0 radical (unpaired) electrons. The van der Waals surface area contributed by atoms with E-state index in [9.17, 15) is 9.59 Å². The van der Waals surface area contributed by atoms with Gasteiger partial charge in [0, 0.05) is 10.6 Å².